The van der Waals surface area contributed by atoms with Crippen LogP contribution in [0.2, 0.25) is 0 Å². The van der Waals surface area contributed by atoms with Crippen LogP contribution in [-0.4, -0.2) is 71.3 Å². The number of aromatic nitrogens is 5. The van der Waals surface area contributed by atoms with Gasteiger partial charge in [-0.25, -0.2) is 4.98 Å². The van der Waals surface area contributed by atoms with E-state index in [0.29, 0.717) is 24.2 Å². The van der Waals surface area contributed by atoms with E-state index in [2.05, 4.69) is 48.6 Å². The van der Waals surface area contributed by atoms with Crippen molar-refractivity contribution in [2.24, 2.45) is 0 Å². The van der Waals surface area contributed by atoms with E-state index in [4.69, 9.17) is 15.2 Å². The minimum Gasteiger partial charge on any atom is -0.463 e. The predicted octanol–water partition coefficient (Wildman–Crippen LogP) is 0.727. The van der Waals surface area contributed by atoms with Crippen LogP contribution in [0.25, 0.3) is 22.1 Å². The summed E-state index contributed by atoms with van der Waals surface area (Å²) in [5.74, 6) is 0.122. The minimum atomic E-state index is -1.27. The third-order valence-electron chi connectivity index (χ3n) is 5.55. The molecular formula is C20H21IN6O5. The van der Waals surface area contributed by atoms with Gasteiger partial charge in [-0.1, -0.05) is 0 Å². The van der Waals surface area contributed by atoms with Gasteiger partial charge in [0.1, 0.15) is 18.3 Å². The zero-order chi connectivity index (χ0) is 22.4. The van der Waals surface area contributed by atoms with Crippen molar-refractivity contribution in [2.75, 3.05) is 18.9 Å². The summed E-state index contributed by atoms with van der Waals surface area (Å²) in [6.45, 7) is -0.106. The predicted molar refractivity (Wildman–Crippen MR) is 123 cm³/mol. The number of ether oxygens (including phenoxy) is 2. The topological polar surface area (TPSA) is 165 Å². The van der Waals surface area contributed by atoms with Crippen molar-refractivity contribution < 1.29 is 24.8 Å². The highest BCUT2D eigenvalue weighted by Gasteiger charge is 2.44. The molecular weight excluding hydrogens is 531 g/mol. The molecule has 5 rings (SSSR count). The lowest BCUT2D eigenvalue weighted by Crippen LogP contribution is -2.33. The fraction of sp³-hybridized carbons (Fsp3) is 0.350. The van der Waals surface area contributed by atoms with Crippen molar-refractivity contribution in [2.45, 2.75) is 31.0 Å². The highest BCUT2D eigenvalue weighted by Crippen LogP contribution is 2.32. The SMILES string of the molecule is Nc1nc(OCCc2c[nH]c3ccc(I)cc23)nc2c1ncn2[C@@H]1O[C@H](CO)[C@@H](O)[C@H]1O. The highest BCUT2D eigenvalue weighted by atomic mass is 127. The molecule has 6 N–H and O–H groups in total. The normalized spacial score (nSPS) is 23.4. The molecule has 1 saturated heterocycles. The van der Waals surface area contributed by atoms with Crippen LogP contribution in [0.5, 0.6) is 6.01 Å². The Morgan fingerprint density at radius 1 is 1.25 bits per heavy atom. The molecule has 0 unspecified atom stereocenters. The van der Waals surface area contributed by atoms with Crippen molar-refractivity contribution in [3.05, 3.63) is 39.9 Å². The van der Waals surface area contributed by atoms with Gasteiger partial charge in [-0.3, -0.25) is 4.57 Å². The number of nitrogens with two attached hydrogens (primary N) is 1. The number of nitrogens with zero attached hydrogens (tertiary/aromatic N) is 4. The van der Waals surface area contributed by atoms with E-state index in [1.807, 2.05) is 18.3 Å². The summed E-state index contributed by atoms with van der Waals surface area (Å²) in [7, 11) is 0. The van der Waals surface area contributed by atoms with E-state index in [9.17, 15) is 15.3 Å². The zero-order valence-corrected chi connectivity index (χ0v) is 18.9. The lowest BCUT2D eigenvalue weighted by atomic mass is 10.1. The van der Waals surface area contributed by atoms with E-state index in [-0.39, 0.29) is 11.8 Å². The molecule has 4 atom stereocenters. The summed E-state index contributed by atoms with van der Waals surface area (Å²) in [5, 5.41) is 30.9. The summed E-state index contributed by atoms with van der Waals surface area (Å²) in [6.07, 6.45) is -0.418. The number of aliphatic hydroxyl groups is 3. The fourth-order valence-electron chi connectivity index (χ4n) is 3.89. The highest BCUT2D eigenvalue weighted by molar-refractivity contribution is 14.1. The van der Waals surface area contributed by atoms with Gasteiger partial charge in [-0.2, -0.15) is 9.97 Å². The monoisotopic (exact) mass is 552 g/mol. The third kappa shape index (κ3) is 3.67. The van der Waals surface area contributed by atoms with E-state index < -0.39 is 31.1 Å². The Kier molecular flexibility index (Phi) is 5.63. The molecule has 32 heavy (non-hydrogen) atoms. The average molecular weight is 552 g/mol. The molecule has 168 valence electrons. The maximum absolute atomic E-state index is 10.3. The molecule has 0 amide bonds. The van der Waals surface area contributed by atoms with Crippen LogP contribution < -0.4 is 10.5 Å². The Morgan fingerprint density at radius 3 is 2.88 bits per heavy atom. The number of benzene rings is 1. The molecule has 1 aliphatic heterocycles. The van der Waals surface area contributed by atoms with Gasteiger partial charge in [-0.05, 0) is 46.4 Å². The molecule has 0 radical (unpaired) electrons. The molecule has 1 aliphatic rings. The Morgan fingerprint density at radius 2 is 2.09 bits per heavy atom. The van der Waals surface area contributed by atoms with Gasteiger partial charge in [0, 0.05) is 27.1 Å². The molecule has 0 saturated carbocycles. The lowest BCUT2D eigenvalue weighted by Gasteiger charge is -2.16. The molecule has 3 aromatic heterocycles. The number of aliphatic hydroxyl groups excluding tert-OH is 3. The van der Waals surface area contributed by atoms with Crippen LogP contribution in [0.4, 0.5) is 5.82 Å². The van der Waals surface area contributed by atoms with Crippen LogP contribution >= 0.6 is 22.6 Å². The Labute approximate surface area is 195 Å². The van der Waals surface area contributed by atoms with Gasteiger partial charge in [0.15, 0.2) is 23.2 Å². The summed E-state index contributed by atoms with van der Waals surface area (Å²) in [5.41, 5.74) is 8.83. The molecule has 12 heteroatoms. The number of hydrogen-bond acceptors (Lipinski definition) is 9. The van der Waals surface area contributed by atoms with Gasteiger partial charge < -0.3 is 35.5 Å². The first kappa shape index (κ1) is 21.3. The average Bonchev–Trinajstić information content (AvgIpc) is 3.45. The second-order valence-electron chi connectivity index (χ2n) is 7.55. The van der Waals surface area contributed by atoms with Crippen molar-refractivity contribution in [3.63, 3.8) is 0 Å². The van der Waals surface area contributed by atoms with E-state index >= 15 is 0 Å². The summed E-state index contributed by atoms with van der Waals surface area (Å²) in [6, 6.07) is 6.26. The molecule has 0 bridgehead atoms. The number of hydrogen-bond donors (Lipinski definition) is 5. The van der Waals surface area contributed by atoms with Crippen LogP contribution in [0.1, 0.15) is 11.8 Å². The summed E-state index contributed by atoms with van der Waals surface area (Å²) < 4.78 is 13.9. The van der Waals surface area contributed by atoms with Gasteiger partial charge in [0.25, 0.3) is 0 Å². The molecule has 4 aromatic rings. The first-order valence-corrected chi connectivity index (χ1v) is 11.0. The number of imidazole rings is 1. The molecule has 11 nitrogen and oxygen atoms in total. The molecule has 0 spiro atoms. The Bertz CT molecular complexity index is 1280. The number of rotatable bonds is 6. The number of H-pyrrole nitrogens is 1. The van der Waals surface area contributed by atoms with Crippen molar-refractivity contribution in [1.82, 2.24) is 24.5 Å². The number of aromatic amines is 1. The van der Waals surface area contributed by atoms with Crippen molar-refractivity contribution in [3.8, 4) is 6.01 Å². The van der Waals surface area contributed by atoms with E-state index in [1.165, 1.54) is 10.9 Å². The number of anilines is 1. The number of halogens is 1. The first-order chi connectivity index (χ1) is 15.5. The van der Waals surface area contributed by atoms with Crippen molar-refractivity contribution in [1.29, 1.82) is 0 Å². The molecule has 1 aromatic carbocycles. The quantitative estimate of drug-likeness (QED) is 0.217. The van der Waals surface area contributed by atoms with Crippen LogP contribution in [0.3, 0.4) is 0 Å². The fourth-order valence-corrected chi connectivity index (χ4v) is 4.38. The maximum atomic E-state index is 10.3. The molecule has 1 fully saturated rings. The van der Waals surface area contributed by atoms with Crippen LogP contribution in [0, 0.1) is 3.57 Å². The van der Waals surface area contributed by atoms with Gasteiger partial charge in [-0.15, -0.1) is 0 Å². The van der Waals surface area contributed by atoms with Gasteiger partial charge >= 0.3 is 6.01 Å². The Balaban J connectivity index is 1.37. The maximum Gasteiger partial charge on any atom is 0.320 e. The summed E-state index contributed by atoms with van der Waals surface area (Å²) in [4.78, 5) is 16.0. The number of fused-ring (bicyclic) bond motifs is 2. The van der Waals surface area contributed by atoms with Gasteiger partial charge in [0.2, 0.25) is 0 Å². The molecule has 0 aliphatic carbocycles. The molecule has 4 heterocycles. The van der Waals surface area contributed by atoms with Crippen molar-refractivity contribution >= 4 is 50.5 Å². The first-order valence-electron chi connectivity index (χ1n) is 9.97. The second kappa shape index (κ2) is 8.44. The van der Waals surface area contributed by atoms with Gasteiger partial charge in [0.05, 0.1) is 19.5 Å². The standard InChI is InChI=1S/C20H21IN6O5/c21-10-1-2-12-11(5-10)9(6-23-12)3-4-31-20-25-17(22)14-18(26-20)27(8-24-14)19-16(30)15(29)13(7-28)32-19/h1-2,5-6,8,13,15-16,19,23,28-30H,3-4,7H2,(H2,22,25,26)/t13-,15-,16-,19-/m1/s1. The minimum absolute atomic E-state index is 0.0675. The van der Waals surface area contributed by atoms with Crippen LogP contribution in [0.15, 0.2) is 30.7 Å². The smallest absolute Gasteiger partial charge is 0.320 e. The van der Waals surface area contributed by atoms with E-state index in [1.54, 1.807) is 0 Å². The number of nitrogens with one attached hydrogen (secondary N) is 1. The largest absolute Gasteiger partial charge is 0.463 e. The summed E-state index contributed by atoms with van der Waals surface area (Å²) >= 11 is 2.28. The lowest BCUT2D eigenvalue weighted by molar-refractivity contribution is -0.0511. The van der Waals surface area contributed by atoms with E-state index in [0.717, 1.165) is 20.0 Å². The zero-order valence-electron chi connectivity index (χ0n) is 16.7. The Hall–Kier alpha value is -2.52. The third-order valence-corrected chi connectivity index (χ3v) is 6.22. The number of nitrogen functional groups attached to an aromatic ring is 1. The second-order valence-corrected chi connectivity index (χ2v) is 8.79. The van der Waals surface area contributed by atoms with Crippen LogP contribution in [-0.2, 0) is 11.2 Å².